The Hall–Kier alpha value is -3.33. The van der Waals surface area contributed by atoms with Crippen LogP contribution in [0.2, 0.25) is 0 Å². The molecule has 0 fully saturated rings. The normalized spacial score (nSPS) is 10.3. The quantitative estimate of drug-likeness (QED) is 0.705. The highest BCUT2D eigenvalue weighted by Gasteiger charge is 2.09. The molecule has 3 rings (SSSR count). The highest BCUT2D eigenvalue weighted by atomic mass is 16.3. The van der Waals surface area contributed by atoms with Crippen LogP contribution in [0, 0.1) is 18.3 Å². The number of aryl methyl sites for hydroxylation is 1. The maximum absolute atomic E-state index is 11.7. The van der Waals surface area contributed by atoms with Crippen LogP contribution < -0.4 is 10.6 Å². The zero-order valence-electron chi connectivity index (χ0n) is 13.2. The van der Waals surface area contributed by atoms with Crippen molar-refractivity contribution in [3.8, 4) is 6.07 Å². The van der Waals surface area contributed by atoms with Crippen molar-refractivity contribution in [2.24, 2.45) is 0 Å². The maximum atomic E-state index is 11.7. The zero-order valence-corrected chi connectivity index (χ0v) is 13.2. The van der Waals surface area contributed by atoms with Crippen molar-refractivity contribution in [1.82, 2.24) is 10.3 Å². The number of fused-ring (bicyclic) bond motifs is 1. The Balaban J connectivity index is 1.65. The largest absolute Gasteiger partial charge is 0.459 e. The van der Waals surface area contributed by atoms with Crippen LogP contribution in [-0.2, 0) is 0 Å². The topological polar surface area (TPSA) is 90.9 Å². The lowest BCUT2D eigenvalue weighted by molar-refractivity contribution is 0.0927. The summed E-state index contributed by atoms with van der Waals surface area (Å²) in [4.78, 5) is 16.2. The van der Waals surface area contributed by atoms with Crippen molar-refractivity contribution < 1.29 is 9.21 Å². The molecule has 0 aliphatic rings. The van der Waals surface area contributed by atoms with Crippen molar-refractivity contribution in [2.45, 2.75) is 6.92 Å². The lowest BCUT2D eigenvalue weighted by Gasteiger charge is -2.09. The number of hydrogen-bond acceptors (Lipinski definition) is 5. The van der Waals surface area contributed by atoms with Crippen LogP contribution in [-0.4, -0.2) is 24.0 Å². The SMILES string of the molecule is Cc1ccc2nc(NCCNC(=O)c3ccco3)c(C#N)cc2c1. The molecule has 1 aromatic carbocycles. The summed E-state index contributed by atoms with van der Waals surface area (Å²) in [6.07, 6.45) is 1.45. The molecule has 6 heteroatoms. The van der Waals surface area contributed by atoms with Gasteiger partial charge in [0.15, 0.2) is 5.76 Å². The van der Waals surface area contributed by atoms with Crippen LogP contribution in [0.15, 0.2) is 47.1 Å². The number of pyridine rings is 1. The zero-order chi connectivity index (χ0) is 16.9. The molecule has 2 aromatic heterocycles. The van der Waals surface area contributed by atoms with E-state index in [-0.39, 0.29) is 11.7 Å². The van der Waals surface area contributed by atoms with Gasteiger partial charge in [-0.05, 0) is 37.3 Å². The van der Waals surface area contributed by atoms with Gasteiger partial charge in [-0.2, -0.15) is 5.26 Å². The predicted octanol–water partition coefficient (Wildman–Crippen LogP) is 2.85. The van der Waals surface area contributed by atoms with E-state index >= 15 is 0 Å². The Morgan fingerprint density at radius 1 is 1.29 bits per heavy atom. The van der Waals surface area contributed by atoms with Crippen LogP contribution in [0.25, 0.3) is 10.9 Å². The van der Waals surface area contributed by atoms with Gasteiger partial charge in [-0.15, -0.1) is 0 Å². The third-order valence-electron chi connectivity index (χ3n) is 3.54. The number of aromatic nitrogens is 1. The second-order valence-electron chi connectivity index (χ2n) is 5.35. The molecular weight excluding hydrogens is 304 g/mol. The Labute approximate surface area is 139 Å². The molecule has 0 bridgehead atoms. The van der Waals surface area contributed by atoms with Gasteiger partial charge in [0.25, 0.3) is 5.91 Å². The first-order chi connectivity index (χ1) is 11.7. The van der Waals surface area contributed by atoms with Crippen LogP contribution in [0.5, 0.6) is 0 Å². The van der Waals surface area contributed by atoms with Gasteiger partial charge in [-0.25, -0.2) is 4.98 Å². The van der Waals surface area contributed by atoms with Crippen molar-refractivity contribution >= 4 is 22.6 Å². The highest BCUT2D eigenvalue weighted by molar-refractivity contribution is 5.91. The average Bonchev–Trinajstić information content (AvgIpc) is 3.12. The van der Waals surface area contributed by atoms with Gasteiger partial charge in [0.1, 0.15) is 11.9 Å². The summed E-state index contributed by atoms with van der Waals surface area (Å²) in [7, 11) is 0. The standard InChI is InChI=1S/C18H16N4O2/c1-12-4-5-15-13(9-12)10-14(11-19)17(22-15)20-6-7-21-18(23)16-3-2-8-24-16/h2-5,8-10H,6-7H2,1H3,(H,20,22)(H,21,23). The van der Waals surface area contributed by atoms with E-state index in [4.69, 9.17) is 4.42 Å². The summed E-state index contributed by atoms with van der Waals surface area (Å²) in [5.74, 6) is 0.511. The van der Waals surface area contributed by atoms with Crippen LogP contribution in [0.4, 0.5) is 5.82 Å². The first-order valence-electron chi connectivity index (χ1n) is 7.54. The molecule has 0 saturated heterocycles. The predicted molar refractivity (Wildman–Crippen MR) is 90.7 cm³/mol. The summed E-state index contributed by atoms with van der Waals surface area (Å²) in [6.45, 7) is 2.84. The fourth-order valence-electron chi connectivity index (χ4n) is 2.37. The molecule has 0 radical (unpaired) electrons. The molecule has 2 N–H and O–H groups in total. The maximum Gasteiger partial charge on any atom is 0.287 e. The number of hydrogen-bond donors (Lipinski definition) is 2. The molecule has 120 valence electrons. The van der Waals surface area contributed by atoms with Gasteiger partial charge in [0, 0.05) is 18.5 Å². The Morgan fingerprint density at radius 2 is 2.17 bits per heavy atom. The van der Waals surface area contributed by atoms with E-state index in [1.807, 2.05) is 31.2 Å². The monoisotopic (exact) mass is 320 g/mol. The van der Waals surface area contributed by atoms with Gasteiger partial charge in [0.2, 0.25) is 0 Å². The summed E-state index contributed by atoms with van der Waals surface area (Å²) < 4.78 is 5.02. The van der Waals surface area contributed by atoms with Crippen molar-refractivity contribution in [3.63, 3.8) is 0 Å². The van der Waals surface area contributed by atoms with E-state index in [0.717, 1.165) is 16.5 Å². The molecule has 0 aliphatic heterocycles. The fraction of sp³-hybridized carbons (Fsp3) is 0.167. The number of benzene rings is 1. The number of anilines is 1. The van der Waals surface area contributed by atoms with Crippen molar-refractivity contribution in [2.75, 3.05) is 18.4 Å². The Kier molecular flexibility index (Phi) is 4.43. The number of carbonyl (C=O) groups excluding carboxylic acids is 1. The summed E-state index contributed by atoms with van der Waals surface area (Å²) in [6, 6.07) is 13.1. The fourth-order valence-corrected chi connectivity index (χ4v) is 2.37. The van der Waals surface area contributed by atoms with Crippen LogP contribution >= 0.6 is 0 Å². The lowest BCUT2D eigenvalue weighted by atomic mass is 10.1. The first kappa shape index (κ1) is 15.6. The minimum atomic E-state index is -0.274. The van der Waals surface area contributed by atoms with Gasteiger partial charge in [-0.3, -0.25) is 4.79 Å². The van der Waals surface area contributed by atoms with Gasteiger partial charge < -0.3 is 15.1 Å². The molecule has 0 atom stereocenters. The van der Waals surface area contributed by atoms with E-state index in [1.54, 1.807) is 12.1 Å². The minimum absolute atomic E-state index is 0.270. The van der Waals surface area contributed by atoms with E-state index in [9.17, 15) is 10.1 Å². The molecule has 0 spiro atoms. The summed E-state index contributed by atoms with van der Waals surface area (Å²) in [5, 5.41) is 16.1. The van der Waals surface area contributed by atoms with Crippen LogP contribution in [0.3, 0.4) is 0 Å². The number of carbonyl (C=O) groups is 1. The van der Waals surface area contributed by atoms with E-state index in [2.05, 4.69) is 21.7 Å². The number of amides is 1. The van der Waals surface area contributed by atoms with Crippen molar-refractivity contribution in [1.29, 1.82) is 5.26 Å². The Bertz CT molecular complexity index is 911. The number of nitrogens with zero attached hydrogens (tertiary/aromatic N) is 2. The van der Waals surface area contributed by atoms with E-state index in [1.165, 1.54) is 6.26 Å². The molecule has 3 aromatic rings. The second kappa shape index (κ2) is 6.84. The van der Waals surface area contributed by atoms with Gasteiger partial charge >= 0.3 is 0 Å². The highest BCUT2D eigenvalue weighted by Crippen LogP contribution is 2.20. The smallest absolute Gasteiger partial charge is 0.287 e. The minimum Gasteiger partial charge on any atom is -0.459 e. The summed E-state index contributed by atoms with van der Waals surface area (Å²) >= 11 is 0. The molecule has 0 aliphatic carbocycles. The second-order valence-corrected chi connectivity index (χ2v) is 5.35. The van der Waals surface area contributed by atoms with E-state index in [0.29, 0.717) is 24.5 Å². The molecule has 0 unspecified atom stereocenters. The molecule has 1 amide bonds. The molecule has 24 heavy (non-hydrogen) atoms. The van der Waals surface area contributed by atoms with Gasteiger partial charge in [-0.1, -0.05) is 11.6 Å². The number of furan rings is 1. The van der Waals surface area contributed by atoms with Gasteiger partial charge in [0.05, 0.1) is 17.3 Å². The molecule has 2 heterocycles. The summed E-state index contributed by atoms with van der Waals surface area (Å²) in [5.41, 5.74) is 2.42. The van der Waals surface area contributed by atoms with Crippen LogP contribution in [0.1, 0.15) is 21.7 Å². The van der Waals surface area contributed by atoms with E-state index < -0.39 is 0 Å². The Morgan fingerprint density at radius 3 is 2.92 bits per heavy atom. The molecule has 0 saturated carbocycles. The number of nitriles is 1. The van der Waals surface area contributed by atoms with Crippen molar-refractivity contribution in [3.05, 3.63) is 59.5 Å². The average molecular weight is 320 g/mol. The molecule has 6 nitrogen and oxygen atoms in total. The first-order valence-corrected chi connectivity index (χ1v) is 7.54. The lowest BCUT2D eigenvalue weighted by Crippen LogP contribution is -2.28. The number of nitrogens with one attached hydrogen (secondary N) is 2. The molecular formula is C18H16N4O2. The third-order valence-corrected chi connectivity index (χ3v) is 3.54. The third kappa shape index (κ3) is 3.36. The number of rotatable bonds is 5.